The van der Waals surface area contributed by atoms with E-state index in [9.17, 15) is 14.9 Å². The first kappa shape index (κ1) is 20.2. The molecule has 0 aliphatic heterocycles. The molecule has 4 aromatic rings. The average molecular weight is 480 g/mol. The van der Waals surface area contributed by atoms with Crippen molar-refractivity contribution in [1.29, 1.82) is 0 Å². The monoisotopic (exact) mass is 479 g/mol. The predicted molar refractivity (Wildman–Crippen MR) is 119 cm³/mol. The van der Waals surface area contributed by atoms with Gasteiger partial charge in [0.25, 0.3) is 5.91 Å². The summed E-state index contributed by atoms with van der Waals surface area (Å²) in [4.78, 5) is 35.8. The van der Waals surface area contributed by atoms with Gasteiger partial charge in [-0.25, -0.2) is 9.97 Å². The van der Waals surface area contributed by atoms with Gasteiger partial charge in [0, 0.05) is 21.7 Å². The molecule has 0 saturated heterocycles. The van der Waals surface area contributed by atoms with Crippen LogP contribution in [0.5, 0.6) is 0 Å². The Morgan fingerprint density at radius 3 is 2.58 bits per heavy atom. The van der Waals surface area contributed by atoms with Crippen molar-refractivity contribution in [2.24, 2.45) is 0 Å². The molecule has 4 rings (SSSR count). The third-order valence-corrected chi connectivity index (χ3v) is 5.01. The molecule has 11 heteroatoms. The average Bonchev–Trinajstić information content (AvgIpc) is 2.78. The highest BCUT2D eigenvalue weighted by atomic mass is 79.9. The van der Waals surface area contributed by atoms with Crippen LogP contribution in [0.15, 0.2) is 71.6 Å². The number of hydrazine groups is 1. The molecule has 0 aliphatic rings. The van der Waals surface area contributed by atoms with Gasteiger partial charge in [-0.1, -0.05) is 18.2 Å². The zero-order valence-corrected chi connectivity index (χ0v) is 17.3. The number of pyridine rings is 1. The molecule has 0 unspecified atom stereocenters. The minimum atomic E-state index is -0.626. The quantitative estimate of drug-likeness (QED) is 0.276. The number of carbonyl (C=O) groups excluding carboxylic acids is 1. The zero-order valence-electron chi connectivity index (χ0n) is 15.7. The van der Waals surface area contributed by atoms with Crippen LogP contribution in [0.25, 0.3) is 10.9 Å². The molecule has 1 amide bonds. The summed E-state index contributed by atoms with van der Waals surface area (Å²) < 4.78 is 0.582. The zero-order chi connectivity index (χ0) is 21.8. The lowest BCUT2D eigenvalue weighted by molar-refractivity contribution is -0.383. The van der Waals surface area contributed by atoms with Crippen molar-refractivity contribution in [3.8, 4) is 0 Å². The fourth-order valence-electron chi connectivity index (χ4n) is 2.90. The van der Waals surface area contributed by atoms with Crippen LogP contribution in [0.4, 0.5) is 23.0 Å². The number of nitrogens with one attached hydrogen (secondary N) is 3. The third-order valence-electron chi connectivity index (χ3n) is 4.32. The molecule has 154 valence electrons. The Hall–Kier alpha value is -4.12. The van der Waals surface area contributed by atoms with Crippen LogP contribution >= 0.6 is 15.9 Å². The van der Waals surface area contributed by atoms with Crippen LogP contribution in [0.2, 0.25) is 0 Å². The number of hydrogen-bond donors (Lipinski definition) is 3. The first-order valence-corrected chi connectivity index (χ1v) is 9.75. The summed E-state index contributed by atoms with van der Waals surface area (Å²) in [5.74, 6) is -0.690. The summed E-state index contributed by atoms with van der Waals surface area (Å²) in [7, 11) is 0. The van der Waals surface area contributed by atoms with E-state index in [0.29, 0.717) is 15.7 Å². The van der Waals surface area contributed by atoms with E-state index in [4.69, 9.17) is 0 Å². The van der Waals surface area contributed by atoms with Crippen molar-refractivity contribution in [3.63, 3.8) is 0 Å². The molecule has 2 aromatic heterocycles. The smallest absolute Gasteiger partial charge is 0.334 e. The number of fused-ring (bicyclic) bond motifs is 1. The molecule has 0 bridgehead atoms. The fraction of sp³-hybridized carbons (Fsp3) is 0. The summed E-state index contributed by atoms with van der Waals surface area (Å²) >= 11 is 3.29. The number of rotatable bonds is 6. The second kappa shape index (κ2) is 8.71. The van der Waals surface area contributed by atoms with Crippen LogP contribution in [-0.4, -0.2) is 25.8 Å². The Morgan fingerprint density at radius 2 is 1.77 bits per heavy atom. The third kappa shape index (κ3) is 4.26. The molecule has 0 spiro atoms. The second-order valence-corrected chi connectivity index (χ2v) is 7.09. The van der Waals surface area contributed by atoms with E-state index in [1.165, 1.54) is 0 Å². The highest BCUT2D eigenvalue weighted by Crippen LogP contribution is 2.33. The SMILES string of the molecule is O=C(NNc1ncnc(Nc2cccc3ncccc23)c1[N+](=O)[O-])c1ccccc1Br. The minimum absolute atomic E-state index is 0.0333. The lowest BCUT2D eigenvalue weighted by atomic mass is 10.2. The number of carbonyl (C=O) groups is 1. The highest BCUT2D eigenvalue weighted by Gasteiger charge is 2.24. The molecule has 0 aliphatic carbocycles. The van der Waals surface area contributed by atoms with Gasteiger partial charge in [0.15, 0.2) is 0 Å². The van der Waals surface area contributed by atoms with Crippen molar-refractivity contribution in [2.75, 3.05) is 10.7 Å². The van der Waals surface area contributed by atoms with E-state index < -0.39 is 16.5 Å². The minimum Gasteiger partial charge on any atom is -0.334 e. The Balaban J connectivity index is 1.63. The molecule has 2 aromatic carbocycles. The van der Waals surface area contributed by atoms with Crippen molar-refractivity contribution in [3.05, 3.63) is 87.3 Å². The number of anilines is 3. The lowest BCUT2D eigenvalue weighted by Gasteiger charge is -2.12. The maximum atomic E-state index is 12.4. The maximum Gasteiger partial charge on any atom is 0.355 e. The summed E-state index contributed by atoms with van der Waals surface area (Å²) in [6.07, 6.45) is 2.82. The van der Waals surface area contributed by atoms with E-state index >= 15 is 0 Å². The first-order valence-electron chi connectivity index (χ1n) is 8.95. The second-order valence-electron chi connectivity index (χ2n) is 6.24. The fourth-order valence-corrected chi connectivity index (χ4v) is 3.37. The van der Waals surface area contributed by atoms with Crippen molar-refractivity contribution < 1.29 is 9.72 Å². The van der Waals surface area contributed by atoms with Gasteiger partial charge in [-0.15, -0.1) is 0 Å². The highest BCUT2D eigenvalue weighted by molar-refractivity contribution is 9.10. The number of halogens is 1. The number of nitro groups is 1. The molecule has 2 heterocycles. The van der Waals surface area contributed by atoms with E-state index in [2.05, 4.69) is 47.1 Å². The molecule has 31 heavy (non-hydrogen) atoms. The Kier molecular flexibility index (Phi) is 5.67. The molecule has 0 atom stereocenters. The van der Waals surface area contributed by atoms with Gasteiger partial charge >= 0.3 is 5.69 Å². The summed E-state index contributed by atoms with van der Waals surface area (Å²) in [6.45, 7) is 0. The van der Waals surface area contributed by atoms with E-state index in [-0.39, 0.29) is 11.6 Å². The van der Waals surface area contributed by atoms with Gasteiger partial charge in [0.1, 0.15) is 6.33 Å². The normalized spacial score (nSPS) is 10.5. The molecule has 0 saturated carbocycles. The molecule has 3 N–H and O–H groups in total. The van der Waals surface area contributed by atoms with Crippen LogP contribution in [0.1, 0.15) is 10.4 Å². The number of hydrogen-bond acceptors (Lipinski definition) is 8. The summed E-state index contributed by atoms with van der Waals surface area (Å²) in [6, 6.07) is 15.8. The van der Waals surface area contributed by atoms with Crippen LogP contribution < -0.4 is 16.2 Å². The van der Waals surface area contributed by atoms with Gasteiger partial charge in [0.05, 0.1) is 16.0 Å². The topological polar surface area (TPSA) is 135 Å². The molecule has 0 radical (unpaired) electrons. The van der Waals surface area contributed by atoms with Gasteiger partial charge < -0.3 is 5.32 Å². The number of benzene rings is 2. The number of amides is 1. The molecular weight excluding hydrogens is 466 g/mol. The Bertz CT molecular complexity index is 1290. The standard InChI is InChI=1S/C20H14BrN7O3/c21-14-7-2-1-5-12(14)20(29)27-26-19-17(28(30)31)18(23-11-24-19)25-16-9-3-8-15-13(16)6-4-10-22-15/h1-11H,(H,27,29)(H2,23,24,25,26). The Labute approximate surface area is 184 Å². The van der Waals surface area contributed by atoms with Gasteiger partial charge in [-0.2, -0.15) is 0 Å². The van der Waals surface area contributed by atoms with Crippen LogP contribution in [0.3, 0.4) is 0 Å². The van der Waals surface area contributed by atoms with Crippen molar-refractivity contribution in [1.82, 2.24) is 20.4 Å². The van der Waals surface area contributed by atoms with Crippen molar-refractivity contribution >= 4 is 55.8 Å². The Morgan fingerprint density at radius 1 is 0.968 bits per heavy atom. The van der Waals surface area contributed by atoms with E-state index in [0.717, 1.165) is 17.2 Å². The maximum absolute atomic E-state index is 12.4. The lowest BCUT2D eigenvalue weighted by Crippen LogP contribution is -2.30. The van der Waals surface area contributed by atoms with Gasteiger partial charge in [-0.05, 0) is 52.3 Å². The molecule has 0 fully saturated rings. The largest absolute Gasteiger partial charge is 0.355 e. The number of aromatic nitrogens is 3. The van der Waals surface area contributed by atoms with Crippen LogP contribution in [0, 0.1) is 10.1 Å². The summed E-state index contributed by atoms with van der Waals surface area (Å²) in [5, 5.41) is 15.5. The molecule has 10 nitrogen and oxygen atoms in total. The van der Waals surface area contributed by atoms with E-state index in [1.54, 1.807) is 48.7 Å². The van der Waals surface area contributed by atoms with Gasteiger partial charge in [-0.3, -0.25) is 30.7 Å². The molecular formula is C20H14BrN7O3. The summed E-state index contributed by atoms with van der Waals surface area (Å²) in [5.41, 5.74) is 6.19. The first-order chi connectivity index (χ1) is 15.0. The number of nitrogens with zero attached hydrogens (tertiary/aromatic N) is 4. The predicted octanol–water partition coefficient (Wildman–Crippen LogP) is 4.20. The van der Waals surface area contributed by atoms with E-state index in [1.807, 2.05) is 12.1 Å². The van der Waals surface area contributed by atoms with Crippen molar-refractivity contribution in [2.45, 2.75) is 0 Å². The van der Waals surface area contributed by atoms with Gasteiger partial charge in [0.2, 0.25) is 11.6 Å². The van der Waals surface area contributed by atoms with Crippen LogP contribution in [-0.2, 0) is 0 Å².